The Bertz CT molecular complexity index is 383. The molecule has 0 radical (unpaired) electrons. The molecule has 2 atom stereocenters. The van der Waals surface area contributed by atoms with Crippen molar-refractivity contribution in [3.63, 3.8) is 0 Å². The van der Waals surface area contributed by atoms with Crippen molar-refractivity contribution in [1.82, 2.24) is 0 Å². The maximum absolute atomic E-state index is 8.68. The Morgan fingerprint density at radius 1 is 1.54 bits per heavy atom. The summed E-state index contributed by atoms with van der Waals surface area (Å²) < 4.78 is 0.982. The van der Waals surface area contributed by atoms with Crippen LogP contribution < -0.4 is 0 Å². The Balaban J connectivity index is 2.29. The molecular weight excluding hydrogens is 249 g/mol. The van der Waals surface area contributed by atoms with E-state index in [9.17, 15) is 0 Å². The molecule has 2 unspecified atom stereocenters. The third-order valence-corrected chi connectivity index (χ3v) is 3.14. The molecule has 0 N–H and O–H groups in total. The summed E-state index contributed by atoms with van der Waals surface area (Å²) in [6.45, 7) is 0. The van der Waals surface area contributed by atoms with Gasteiger partial charge >= 0.3 is 0 Å². The van der Waals surface area contributed by atoms with Gasteiger partial charge in [-0.15, -0.1) is 0 Å². The zero-order valence-electron chi connectivity index (χ0n) is 6.80. The highest BCUT2D eigenvalue weighted by Gasteiger charge is 2.39. The van der Waals surface area contributed by atoms with Crippen molar-refractivity contribution in [2.24, 2.45) is 5.92 Å². The molecule has 0 heterocycles. The number of nitrogens with zero attached hydrogens (tertiary/aromatic N) is 1. The monoisotopic (exact) mass is 255 g/mol. The lowest BCUT2D eigenvalue weighted by atomic mass is 10.1. The number of rotatable bonds is 1. The van der Waals surface area contributed by atoms with E-state index >= 15 is 0 Å². The molecule has 13 heavy (non-hydrogen) atoms. The van der Waals surface area contributed by atoms with E-state index in [0.29, 0.717) is 5.92 Å². The first-order chi connectivity index (χ1) is 6.22. The van der Waals surface area contributed by atoms with Crippen LogP contribution in [0.15, 0.2) is 22.7 Å². The molecule has 0 spiro atoms. The lowest BCUT2D eigenvalue weighted by Crippen LogP contribution is -1.83. The second kappa shape index (κ2) is 3.32. The zero-order valence-corrected chi connectivity index (χ0v) is 9.14. The molecule has 0 saturated heterocycles. The van der Waals surface area contributed by atoms with Gasteiger partial charge in [-0.1, -0.05) is 33.6 Å². The first kappa shape index (κ1) is 9.05. The van der Waals surface area contributed by atoms with Crippen LogP contribution in [0.2, 0.25) is 5.02 Å². The van der Waals surface area contributed by atoms with Gasteiger partial charge in [-0.2, -0.15) is 5.26 Å². The largest absolute Gasteiger partial charge is 0.198 e. The Labute approximate surface area is 90.4 Å². The van der Waals surface area contributed by atoms with Crippen molar-refractivity contribution in [2.75, 3.05) is 0 Å². The van der Waals surface area contributed by atoms with Crippen molar-refractivity contribution in [1.29, 1.82) is 5.26 Å². The topological polar surface area (TPSA) is 23.8 Å². The van der Waals surface area contributed by atoms with Gasteiger partial charge in [0, 0.05) is 15.4 Å². The third kappa shape index (κ3) is 1.72. The van der Waals surface area contributed by atoms with E-state index in [1.165, 1.54) is 0 Å². The molecule has 3 heteroatoms. The van der Waals surface area contributed by atoms with Gasteiger partial charge in [-0.05, 0) is 24.1 Å². The molecule has 2 rings (SSSR count). The van der Waals surface area contributed by atoms with E-state index in [1.807, 2.05) is 18.2 Å². The lowest BCUT2D eigenvalue weighted by molar-refractivity contribution is 1.02. The lowest BCUT2D eigenvalue weighted by Gasteiger charge is -2.01. The number of benzene rings is 1. The fraction of sp³-hybridized carbons (Fsp3) is 0.300. The van der Waals surface area contributed by atoms with Crippen LogP contribution in [0, 0.1) is 17.2 Å². The second-order valence-corrected chi connectivity index (χ2v) is 4.57. The van der Waals surface area contributed by atoms with E-state index in [0.717, 1.165) is 21.5 Å². The third-order valence-electron chi connectivity index (χ3n) is 2.32. The molecular formula is C10H7BrClN. The summed E-state index contributed by atoms with van der Waals surface area (Å²) in [4.78, 5) is 0. The van der Waals surface area contributed by atoms with Crippen molar-refractivity contribution in [3.05, 3.63) is 33.3 Å². The minimum absolute atomic E-state index is 0.179. The minimum Gasteiger partial charge on any atom is -0.198 e. The van der Waals surface area contributed by atoms with Gasteiger partial charge in [0.15, 0.2) is 0 Å². The highest BCUT2D eigenvalue weighted by Crippen LogP contribution is 2.49. The average molecular weight is 257 g/mol. The van der Waals surface area contributed by atoms with Gasteiger partial charge in [0.25, 0.3) is 0 Å². The second-order valence-electron chi connectivity index (χ2n) is 3.24. The Hall–Kier alpha value is -0.520. The number of halogens is 2. The zero-order chi connectivity index (χ0) is 9.42. The maximum Gasteiger partial charge on any atom is 0.0662 e. The van der Waals surface area contributed by atoms with Crippen molar-refractivity contribution in [2.45, 2.75) is 12.3 Å². The molecule has 0 amide bonds. The number of nitriles is 1. The predicted octanol–water partition coefficient (Wildman–Crippen LogP) is 3.73. The van der Waals surface area contributed by atoms with Crippen LogP contribution in [0.5, 0.6) is 0 Å². The van der Waals surface area contributed by atoms with E-state index < -0.39 is 0 Å². The van der Waals surface area contributed by atoms with Crippen LogP contribution >= 0.6 is 27.5 Å². The molecule has 1 aromatic carbocycles. The summed E-state index contributed by atoms with van der Waals surface area (Å²) in [5.74, 6) is 0.546. The van der Waals surface area contributed by atoms with Crippen LogP contribution in [-0.4, -0.2) is 0 Å². The fourth-order valence-corrected chi connectivity index (χ4v) is 2.30. The fourth-order valence-electron chi connectivity index (χ4n) is 1.48. The van der Waals surface area contributed by atoms with Crippen molar-refractivity contribution >= 4 is 27.5 Å². The maximum atomic E-state index is 8.68. The van der Waals surface area contributed by atoms with Gasteiger partial charge in [0.1, 0.15) is 0 Å². The molecule has 1 fully saturated rings. The van der Waals surface area contributed by atoms with E-state index in [1.54, 1.807) is 0 Å². The Morgan fingerprint density at radius 2 is 2.31 bits per heavy atom. The average Bonchev–Trinajstić information content (AvgIpc) is 2.83. The van der Waals surface area contributed by atoms with Crippen LogP contribution in [0.4, 0.5) is 0 Å². The summed E-state index contributed by atoms with van der Waals surface area (Å²) in [5, 5.41) is 9.44. The highest BCUT2D eigenvalue weighted by atomic mass is 79.9. The summed E-state index contributed by atoms with van der Waals surface area (Å²) in [5.41, 5.74) is 1.11. The SMILES string of the molecule is N#CC1CC1c1ccc(Br)cc1Cl. The molecule has 1 aliphatic carbocycles. The number of hydrogen-bond acceptors (Lipinski definition) is 1. The first-order valence-corrected chi connectivity index (χ1v) is 5.24. The summed E-state index contributed by atoms with van der Waals surface area (Å²) in [6.07, 6.45) is 0.956. The van der Waals surface area contributed by atoms with Crippen LogP contribution in [0.1, 0.15) is 17.9 Å². The molecule has 1 saturated carbocycles. The van der Waals surface area contributed by atoms with Gasteiger partial charge in [0.05, 0.1) is 12.0 Å². The van der Waals surface area contributed by atoms with Gasteiger partial charge in [-0.25, -0.2) is 0 Å². The molecule has 0 aromatic heterocycles. The van der Waals surface area contributed by atoms with E-state index in [-0.39, 0.29) is 5.92 Å². The van der Waals surface area contributed by atoms with Crippen LogP contribution in [-0.2, 0) is 0 Å². The minimum atomic E-state index is 0.179. The van der Waals surface area contributed by atoms with E-state index in [2.05, 4.69) is 22.0 Å². The molecule has 1 aromatic rings. The smallest absolute Gasteiger partial charge is 0.0662 e. The first-order valence-electron chi connectivity index (χ1n) is 4.07. The normalized spacial score (nSPS) is 25.3. The standard InChI is InChI=1S/C10H7BrClN/c11-7-1-2-8(10(12)4-7)9-3-6(9)5-13/h1-2,4,6,9H,3H2. The quantitative estimate of drug-likeness (QED) is 0.751. The molecule has 66 valence electrons. The molecule has 0 aliphatic heterocycles. The summed E-state index contributed by atoms with van der Waals surface area (Å²) in [7, 11) is 0. The predicted molar refractivity (Wildman–Crippen MR) is 55.6 cm³/mol. The van der Waals surface area contributed by atoms with Crippen LogP contribution in [0.3, 0.4) is 0 Å². The molecule has 1 aliphatic rings. The Kier molecular flexibility index (Phi) is 2.31. The van der Waals surface area contributed by atoms with Gasteiger partial charge < -0.3 is 0 Å². The van der Waals surface area contributed by atoms with E-state index in [4.69, 9.17) is 16.9 Å². The van der Waals surface area contributed by atoms with Gasteiger partial charge in [-0.3, -0.25) is 0 Å². The van der Waals surface area contributed by atoms with Crippen molar-refractivity contribution in [3.8, 4) is 6.07 Å². The van der Waals surface area contributed by atoms with Crippen LogP contribution in [0.25, 0.3) is 0 Å². The Morgan fingerprint density at radius 3 is 2.85 bits per heavy atom. The highest BCUT2D eigenvalue weighted by molar-refractivity contribution is 9.10. The molecule has 0 bridgehead atoms. The number of hydrogen-bond donors (Lipinski definition) is 0. The van der Waals surface area contributed by atoms with Gasteiger partial charge in [0.2, 0.25) is 0 Å². The molecule has 1 nitrogen and oxygen atoms in total. The summed E-state index contributed by atoms with van der Waals surface area (Å²) in [6, 6.07) is 8.10. The van der Waals surface area contributed by atoms with Crippen molar-refractivity contribution < 1.29 is 0 Å². The summed E-state index contributed by atoms with van der Waals surface area (Å²) >= 11 is 9.40.